The van der Waals surface area contributed by atoms with Gasteiger partial charge in [0.05, 0.1) is 36.9 Å². The van der Waals surface area contributed by atoms with E-state index in [4.69, 9.17) is 19.9 Å². The van der Waals surface area contributed by atoms with E-state index in [1.165, 1.54) is 12.1 Å². The zero-order valence-corrected chi connectivity index (χ0v) is 31.3. The first-order valence-electron chi connectivity index (χ1n) is 17.8. The van der Waals surface area contributed by atoms with Crippen LogP contribution in [-0.4, -0.2) is 73.5 Å². The van der Waals surface area contributed by atoms with Crippen LogP contribution >= 0.6 is 15.9 Å². The van der Waals surface area contributed by atoms with E-state index in [-0.39, 0.29) is 42.6 Å². The van der Waals surface area contributed by atoms with Crippen LogP contribution in [-0.2, 0) is 32.9 Å². The van der Waals surface area contributed by atoms with Crippen LogP contribution in [0.1, 0.15) is 61.6 Å². The SMILES string of the molecule is COc1cc(CN(C(=O)C2=CCC3(c4ccc(CCCOc5cc(F)ccc5Br)cc4)CN(C(=O)CCCC(N)=O)CC2N3)C2CC2)cc(OC)c1. The summed E-state index contributed by atoms with van der Waals surface area (Å²) in [6.07, 6.45) is 6.72. The molecule has 2 heterocycles. The standard InChI is InChI=1S/C40H46BrFN4O6/c1-50-31-19-27(20-32(22-31)51-2)23-46(30-13-14-30)39(49)33-16-17-40(25-45(24-35(33)44-40)38(48)7-3-6-37(43)47)28-10-8-26(9-11-28)5-4-18-52-36-21-29(42)12-15-34(36)41/h8-12,15-16,19-22,30,35,44H,3-7,13-14,17-18,23-25H2,1-2H3,(H2,43,47). The van der Waals surface area contributed by atoms with Gasteiger partial charge in [0.1, 0.15) is 23.1 Å². The molecule has 276 valence electrons. The van der Waals surface area contributed by atoms with Gasteiger partial charge in [-0.05, 0) is 95.4 Å². The van der Waals surface area contributed by atoms with Gasteiger partial charge in [-0.1, -0.05) is 30.3 Å². The number of nitrogens with two attached hydrogens (primary N) is 1. The Morgan fingerprint density at radius 3 is 2.38 bits per heavy atom. The van der Waals surface area contributed by atoms with Crippen molar-refractivity contribution in [1.29, 1.82) is 0 Å². The van der Waals surface area contributed by atoms with Gasteiger partial charge in [0, 0.05) is 56.2 Å². The largest absolute Gasteiger partial charge is 0.497 e. The van der Waals surface area contributed by atoms with Gasteiger partial charge in [-0.25, -0.2) is 4.39 Å². The van der Waals surface area contributed by atoms with Gasteiger partial charge < -0.3 is 29.7 Å². The number of hydrogen-bond acceptors (Lipinski definition) is 7. The Morgan fingerprint density at radius 2 is 1.71 bits per heavy atom. The molecule has 2 aliphatic heterocycles. The molecule has 10 nitrogen and oxygen atoms in total. The minimum absolute atomic E-state index is 0.0405. The number of methoxy groups -OCH3 is 2. The van der Waals surface area contributed by atoms with Crippen molar-refractivity contribution in [2.45, 2.75) is 75.5 Å². The van der Waals surface area contributed by atoms with Crippen LogP contribution in [0, 0.1) is 5.82 Å². The highest BCUT2D eigenvalue weighted by Gasteiger charge is 2.47. The van der Waals surface area contributed by atoms with Gasteiger partial charge in [0.2, 0.25) is 11.8 Å². The predicted octanol–water partition coefficient (Wildman–Crippen LogP) is 5.79. The van der Waals surface area contributed by atoms with Crippen molar-refractivity contribution in [2.24, 2.45) is 5.73 Å². The molecule has 6 rings (SSSR count). The van der Waals surface area contributed by atoms with Crippen LogP contribution in [0.15, 0.2) is 76.8 Å². The van der Waals surface area contributed by atoms with Crippen molar-refractivity contribution in [2.75, 3.05) is 33.9 Å². The summed E-state index contributed by atoms with van der Waals surface area (Å²) in [5.74, 6) is 0.923. The number of halogens is 2. The number of benzene rings is 3. The Bertz CT molecular complexity index is 1790. The highest BCUT2D eigenvalue weighted by Crippen LogP contribution is 2.39. The monoisotopic (exact) mass is 776 g/mol. The molecule has 3 aromatic carbocycles. The Balaban J connectivity index is 1.20. The molecule has 0 aromatic heterocycles. The lowest BCUT2D eigenvalue weighted by atomic mass is 9.77. The molecule has 3 aromatic rings. The number of nitrogens with one attached hydrogen (secondary N) is 1. The zero-order chi connectivity index (χ0) is 36.8. The van der Waals surface area contributed by atoms with E-state index < -0.39 is 11.4 Å². The summed E-state index contributed by atoms with van der Waals surface area (Å²) < 4.78 is 31.1. The van der Waals surface area contributed by atoms with Crippen LogP contribution in [0.25, 0.3) is 0 Å². The summed E-state index contributed by atoms with van der Waals surface area (Å²) >= 11 is 3.40. The third-order valence-corrected chi connectivity index (χ3v) is 10.7. The van der Waals surface area contributed by atoms with E-state index in [0.717, 1.165) is 42.4 Å². The zero-order valence-electron chi connectivity index (χ0n) is 29.7. The fourth-order valence-electron chi connectivity index (χ4n) is 7.16. The summed E-state index contributed by atoms with van der Waals surface area (Å²) in [7, 11) is 3.21. The number of carbonyl (C=O) groups is 3. The number of rotatable bonds is 16. The topological polar surface area (TPSA) is 123 Å². The second-order valence-electron chi connectivity index (χ2n) is 13.8. The maximum absolute atomic E-state index is 14.4. The number of amides is 3. The molecule has 1 aliphatic carbocycles. The highest BCUT2D eigenvalue weighted by molar-refractivity contribution is 9.10. The van der Waals surface area contributed by atoms with Gasteiger partial charge in [-0.15, -0.1) is 0 Å². The first-order valence-corrected chi connectivity index (χ1v) is 18.6. The highest BCUT2D eigenvalue weighted by atomic mass is 79.9. The summed E-state index contributed by atoms with van der Waals surface area (Å²) in [6.45, 7) is 1.63. The first-order chi connectivity index (χ1) is 25.1. The Kier molecular flexibility index (Phi) is 11.8. The number of fused-ring (bicyclic) bond motifs is 2. The first kappa shape index (κ1) is 37.3. The van der Waals surface area contributed by atoms with E-state index in [1.54, 1.807) is 20.3 Å². The Hall–Kier alpha value is -4.42. The molecule has 1 saturated heterocycles. The minimum Gasteiger partial charge on any atom is -0.497 e. The molecule has 2 atom stereocenters. The van der Waals surface area contributed by atoms with E-state index >= 15 is 0 Å². The lowest BCUT2D eigenvalue weighted by Crippen LogP contribution is -2.66. The second kappa shape index (κ2) is 16.5. The van der Waals surface area contributed by atoms with Crippen molar-refractivity contribution in [1.82, 2.24) is 15.1 Å². The molecule has 0 radical (unpaired) electrons. The minimum atomic E-state index is -0.595. The summed E-state index contributed by atoms with van der Waals surface area (Å²) in [5, 5.41) is 3.81. The van der Waals surface area contributed by atoms with E-state index in [0.29, 0.717) is 66.4 Å². The quantitative estimate of drug-likeness (QED) is 0.177. The molecule has 2 bridgehead atoms. The smallest absolute Gasteiger partial charge is 0.251 e. The molecule has 2 fully saturated rings. The van der Waals surface area contributed by atoms with Crippen LogP contribution in [0.2, 0.25) is 0 Å². The summed E-state index contributed by atoms with van der Waals surface area (Å²) in [5.41, 5.74) is 8.49. The van der Waals surface area contributed by atoms with Crippen LogP contribution < -0.4 is 25.3 Å². The van der Waals surface area contributed by atoms with Gasteiger partial charge >= 0.3 is 0 Å². The number of ether oxygens (including phenoxy) is 3. The third-order valence-electron chi connectivity index (χ3n) is 10.1. The number of aryl methyl sites for hydroxylation is 1. The van der Waals surface area contributed by atoms with Crippen molar-refractivity contribution in [3.8, 4) is 17.2 Å². The lowest BCUT2D eigenvalue weighted by molar-refractivity contribution is -0.136. The molecule has 3 N–H and O–H groups in total. The molecule has 3 aliphatic rings. The fraction of sp³-hybridized carbons (Fsp3) is 0.425. The average Bonchev–Trinajstić information content (AvgIpc) is 3.99. The van der Waals surface area contributed by atoms with Crippen molar-refractivity contribution in [3.63, 3.8) is 0 Å². The third kappa shape index (κ3) is 8.95. The molecule has 0 spiro atoms. The van der Waals surface area contributed by atoms with Gasteiger partial charge in [0.15, 0.2) is 0 Å². The summed E-state index contributed by atoms with van der Waals surface area (Å²) in [6, 6.07) is 18.2. The van der Waals surface area contributed by atoms with Crippen molar-refractivity contribution in [3.05, 3.63) is 99.3 Å². The average molecular weight is 778 g/mol. The van der Waals surface area contributed by atoms with Gasteiger partial charge in [-0.3, -0.25) is 19.7 Å². The molecule has 1 saturated carbocycles. The molecule has 3 amide bonds. The van der Waals surface area contributed by atoms with Gasteiger partial charge in [-0.2, -0.15) is 0 Å². The normalized spacial score (nSPS) is 19.4. The maximum Gasteiger partial charge on any atom is 0.251 e. The van der Waals surface area contributed by atoms with Crippen molar-refractivity contribution < 1.29 is 33.0 Å². The number of carbonyl (C=O) groups excluding carboxylic acids is 3. The van der Waals surface area contributed by atoms with Gasteiger partial charge in [0.25, 0.3) is 5.91 Å². The molecular formula is C40H46BrFN4O6. The molecule has 2 unspecified atom stereocenters. The van der Waals surface area contributed by atoms with Crippen LogP contribution in [0.3, 0.4) is 0 Å². The number of piperazine rings is 1. The number of primary amides is 1. The lowest BCUT2D eigenvalue weighted by Gasteiger charge is -2.51. The van der Waals surface area contributed by atoms with Crippen molar-refractivity contribution >= 4 is 33.7 Å². The number of nitrogens with zero attached hydrogens (tertiary/aromatic N) is 2. The predicted molar refractivity (Wildman–Crippen MR) is 198 cm³/mol. The molecule has 52 heavy (non-hydrogen) atoms. The number of hydrogen-bond donors (Lipinski definition) is 2. The second-order valence-corrected chi connectivity index (χ2v) is 14.7. The maximum atomic E-state index is 14.4. The fourth-order valence-corrected chi connectivity index (χ4v) is 7.52. The van der Waals surface area contributed by atoms with E-state index in [2.05, 4.69) is 51.6 Å². The van der Waals surface area contributed by atoms with Crippen LogP contribution in [0.5, 0.6) is 17.2 Å². The Labute approximate surface area is 312 Å². The molecular weight excluding hydrogens is 731 g/mol. The van der Waals surface area contributed by atoms with E-state index in [9.17, 15) is 18.8 Å². The van der Waals surface area contributed by atoms with E-state index in [1.807, 2.05) is 28.0 Å². The van der Waals surface area contributed by atoms with Crippen LogP contribution in [0.4, 0.5) is 4.39 Å². The Morgan fingerprint density at radius 1 is 0.981 bits per heavy atom. The molecule has 12 heteroatoms. The summed E-state index contributed by atoms with van der Waals surface area (Å²) in [4.78, 5) is 43.2.